The first kappa shape index (κ1) is 21.7. The van der Waals surface area contributed by atoms with E-state index < -0.39 is 5.25 Å². The number of amides is 2. The zero-order valence-electron chi connectivity index (χ0n) is 17.0. The Bertz CT molecular complexity index is 1020. The molecule has 1 N–H and O–H groups in total. The van der Waals surface area contributed by atoms with Crippen molar-refractivity contribution in [2.75, 3.05) is 31.5 Å². The number of hydrogen-bond acceptors (Lipinski definition) is 5. The lowest BCUT2D eigenvalue weighted by Crippen LogP contribution is -2.39. The van der Waals surface area contributed by atoms with Crippen molar-refractivity contribution in [1.29, 1.82) is 5.26 Å². The van der Waals surface area contributed by atoms with E-state index >= 15 is 0 Å². The van der Waals surface area contributed by atoms with Crippen LogP contribution in [0.3, 0.4) is 0 Å². The van der Waals surface area contributed by atoms with Gasteiger partial charge in [-0.2, -0.15) is 5.26 Å². The Morgan fingerprint density at radius 3 is 2.74 bits per heavy atom. The fourth-order valence-electron chi connectivity index (χ4n) is 3.87. The van der Waals surface area contributed by atoms with Gasteiger partial charge < -0.3 is 10.2 Å². The standard InChI is InChI=1S/C23H23ClN4O2S/c24-18-6-7-20-19(12-18)26-23(30)21(31-20)13-22(29)28-9-1-8-27(10-11-28)15-17-4-2-16(14-25)3-5-17/h2-7,12,21H,1,8-11,13,15H2,(H,26,30). The van der Waals surface area contributed by atoms with E-state index in [-0.39, 0.29) is 18.2 Å². The van der Waals surface area contributed by atoms with Gasteiger partial charge in [-0.1, -0.05) is 23.7 Å². The molecule has 2 aromatic rings. The molecule has 31 heavy (non-hydrogen) atoms. The van der Waals surface area contributed by atoms with Crippen LogP contribution in [0.15, 0.2) is 47.4 Å². The van der Waals surface area contributed by atoms with Gasteiger partial charge >= 0.3 is 0 Å². The topological polar surface area (TPSA) is 76.4 Å². The zero-order chi connectivity index (χ0) is 21.8. The molecule has 160 valence electrons. The first-order valence-corrected chi connectivity index (χ1v) is 11.5. The molecule has 2 aromatic carbocycles. The maximum Gasteiger partial charge on any atom is 0.238 e. The monoisotopic (exact) mass is 454 g/mol. The molecule has 0 radical (unpaired) electrons. The molecule has 2 aliphatic rings. The summed E-state index contributed by atoms with van der Waals surface area (Å²) >= 11 is 7.43. The number of anilines is 1. The number of thioether (sulfide) groups is 1. The summed E-state index contributed by atoms with van der Waals surface area (Å²) < 4.78 is 0. The van der Waals surface area contributed by atoms with E-state index in [4.69, 9.17) is 16.9 Å². The van der Waals surface area contributed by atoms with E-state index in [2.05, 4.69) is 16.3 Å². The fraction of sp³-hybridized carbons (Fsp3) is 0.348. The van der Waals surface area contributed by atoms with Crippen molar-refractivity contribution in [3.05, 3.63) is 58.6 Å². The van der Waals surface area contributed by atoms with E-state index in [1.807, 2.05) is 35.2 Å². The number of nitrogens with zero attached hydrogens (tertiary/aromatic N) is 3. The summed E-state index contributed by atoms with van der Waals surface area (Å²) in [5.74, 6) is -0.129. The molecular weight excluding hydrogens is 432 g/mol. The SMILES string of the molecule is N#Cc1ccc(CN2CCCN(C(=O)CC3Sc4ccc(Cl)cc4NC3=O)CC2)cc1. The number of rotatable bonds is 4. The van der Waals surface area contributed by atoms with Crippen LogP contribution >= 0.6 is 23.4 Å². The van der Waals surface area contributed by atoms with Gasteiger partial charge in [-0.3, -0.25) is 14.5 Å². The van der Waals surface area contributed by atoms with Gasteiger partial charge in [0.15, 0.2) is 0 Å². The Balaban J connectivity index is 1.32. The van der Waals surface area contributed by atoms with E-state index in [0.29, 0.717) is 29.4 Å². The highest BCUT2D eigenvalue weighted by Crippen LogP contribution is 2.38. The van der Waals surface area contributed by atoms with E-state index in [9.17, 15) is 9.59 Å². The van der Waals surface area contributed by atoms with Crippen molar-refractivity contribution in [2.24, 2.45) is 0 Å². The average Bonchev–Trinajstić information content (AvgIpc) is 3.00. The van der Waals surface area contributed by atoms with Crippen LogP contribution in [-0.4, -0.2) is 53.0 Å². The second-order valence-corrected chi connectivity index (χ2v) is 9.44. The minimum Gasteiger partial charge on any atom is -0.341 e. The van der Waals surface area contributed by atoms with Crippen LogP contribution in [0, 0.1) is 11.3 Å². The predicted molar refractivity (Wildman–Crippen MR) is 122 cm³/mol. The minimum atomic E-state index is -0.431. The normalized spacial score (nSPS) is 19.2. The third-order valence-electron chi connectivity index (χ3n) is 5.55. The summed E-state index contributed by atoms with van der Waals surface area (Å²) in [5.41, 5.74) is 2.53. The van der Waals surface area contributed by atoms with Gasteiger partial charge in [0.1, 0.15) is 0 Å². The van der Waals surface area contributed by atoms with Gasteiger partial charge in [-0.05, 0) is 42.3 Å². The molecule has 2 heterocycles. The fourth-order valence-corrected chi connectivity index (χ4v) is 5.12. The molecule has 0 aliphatic carbocycles. The summed E-state index contributed by atoms with van der Waals surface area (Å²) in [4.78, 5) is 30.6. The summed E-state index contributed by atoms with van der Waals surface area (Å²) in [5, 5.41) is 11.9. The molecule has 0 aromatic heterocycles. The summed E-state index contributed by atoms with van der Waals surface area (Å²) in [6, 6.07) is 15.2. The maximum absolute atomic E-state index is 12.9. The number of hydrogen-bond donors (Lipinski definition) is 1. The van der Waals surface area contributed by atoms with Crippen molar-refractivity contribution in [2.45, 2.75) is 29.5 Å². The van der Waals surface area contributed by atoms with Crippen molar-refractivity contribution in [3.63, 3.8) is 0 Å². The van der Waals surface area contributed by atoms with Crippen LogP contribution in [0.5, 0.6) is 0 Å². The van der Waals surface area contributed by atoms with Crippen LogP contribution in [0.25, 0.3) is 0 Å². The Labute approximate surface area is 191 Å². The Morgan fingerprint density at radius 2 is 1.97 bits per heavy atom. The lowest BCUT2D eigenvalue weighted by Gasteiger charge is -2.27. The van der Waals surface area contributed by atoms with E-state index in [0.717, 1.165) is 36.5 Å². The minimum absolute atomic E-state index is 0.0188. The molecule has 1 atom stereocenters. The second-order valence-electron chi connectivity index (χ2n) is 7.76. The van der Waals surface area contributed by atoms with Crippen molar-refractivity contribution < 1.29 is 9.59 Å². The molecule has 2 aliphatic heterocycles. The highest BCUT2D eigenvalue weighted by molar-refractivity contribution is 8.01. The molecule has 0 bridgehead atoms. The molecule has 2 amide bonds. The number of fused-ring (bicyclic) bond motifs is 1. The summed E-state index contributed by atoms with van der Waals surface area (Å²) in [6.07, 6.45) is 1.08. The molecule has 0 spiro atoms. The van der Waals surface area contributed by atoms with Crippen LogP contribution in [-0.2, 0) is 16.1 Å². The van der Waals surface area contributed by atoms with Crippen LogP contribution in [0.1, 0.15) is 24.0 Å². The maximum atomic E-state index is 12.9. The number of nitrogens with one attached hydrogen (secondary N) is 1. The predicted octanol–water partition coefficient (Wildman–Crippen LogP) is 3.75. The number of carbonyl (C=O) groups excluding carboxylic acids is 2. The van der Waals surface area contributed by atoms with Gasteiger partial charge in [-0.15, -0.1) is 11.8 Å². The lowest BCUT2D eigenvalue weighted by atomic mass is 10.1. The van der Waals surface area contributed by atoms with Gasteiger partial charge in [-0.25, -0.2) is 0 Å². The number of halogens is 1. The van der Waals surface area contributed by atoms with Gasteiger partial charge in [0.2, 0.25) is 11.8 Å². The number of carbonyl (C=O) groups is 2. The molecule has 1 unspecified atom stereocenters. The zero-order valence-corrected chi connectivity index (χ0v) is 18.6. The number of nitriles is 1. The van der Waals surface area contributed by atoms with Gasteiger partial charge in [0.05, 0.1) is 22.6 Å². The van der Waals surface area contributed by atoms with Gasteiger partial charge in [0, 0.05) is 49.1 Å². The van der Waals surface area contributed by atoms with E-state index in [1.165, 1.54) is 11.8 Å². The van der Waals surface area contributed by atoms with Crippen molar-refractivity contribution >= 4 is 40.9 Å². The van der Waals surface area contributed by atoms with Crippen LogP contribution in [0.2, 0.25) is 5.02 Å². The molecular formula is C23H23ClN4O2S. The third-order valence-corrected chi connectivity index (χ3v) is 7.06. The molecule has 0 saturated carbocycles. The number of benzene rings is 2. The van der Waals surface area contributed by atoms with Crippen molar-refractivity contribution in [3.8, 4) is 6.07 Å². The highest BCUT2D eigenvalue weighted by Gasteiger charge is 2.31. The molecule has 1 saturated heterocycles. The van der Waals surface area contributed by atoms with E-state index in [1.54, 1.807) is 12.1 Å². The van der Waals surface area contributed by atoms with Crippen LogP contribution < -0.4 is 5.32 Å². The second kappa shape index (κ2) is 9.73. The molecule has 4 rings (SSSR count). The molecule has 8 heteroatoms. The summed E-state index contributed by atoms with van der Waals surface area (Å²) in [6.45, 7) is 3.86. The third kappa shape index (κ3) is 5.40. The Hall–Kier alpha value is -2.53. The van der Waals surface area contributed by atoms with Crippen LogP contribution in [0.4, 0.5) is 5.69 Å². The lowest BCUT2D eigenvalue weighted by molar-refractivity contribution is -0.132. The molecule has 6 nitrogen and oxygen atoms in total. The Morgan fingerprint density at radius 1 is 1.16 bits per heavy atom. The highest BCUT2D eigenvalue weighted by atomic mass is 35.5. The first-order valence-electron chi connectivity index (χ1n) is 10.3. The van der Waals surface area contributed by atoms with Crippen molar-refractivity contribution in [1.82, 2.24) is 9.80 Å². The first-order chi connectivity index (χ1) is 15.0. The molecule has 1 fully saturated rings. The van der Waals surface area contributed by atoms with Gasteiger partial charge in [0.25, 0.3) is 0 Å². The Kier molecular flexibility index (Phi) is 6.81. The quantitative estimate of drug-likeness (QED) is 0.761. The largest absolute Gasteiger partial charge is 0.341 e. The average molecular weight is 455 g/mol. The smallest absolute Gasteiger partial charge is 0.238 e. The summed E-state index contributed by atoms with van der Waals surface area (Å²) in [7, 11) is 0.